The molecule has 0 saturated heterocycles. The van der Waals surface area contributed by atoms with Gasteiger partial charge in [0.2, 0.25) is 0 Å². The zero-order chi connectivity index (χ0) is 17.0. The van der Waals surface area contributed by atoms with Crippen LogP contribution in [0.3, 0.4) is 0 Å². The molecular formula is C19H26O5. The number of rotatable bonds is 12. The topological polar surface area (TPSA) is 68.2 Å². The third-order valence-corrected chi connectivity index (χ3v) is 3.63. The molecule has 1 atom stereocenters. The van der Waals surface area contributed by atoms with Gasteiger partial charge in [-0.3, -0.25) is 0 Å². The summed E-state index contributed by atoms with van der Waals surface area (Å²) in [6.07, 6.45) is 0.0284. The average molecular weight is 334 g/mol. The van der Waals surface area contributed by atoms with Crippen LogP contribution in [-0.2, 0) is 20.6 Å². The highest BCUT2D eigenvalue weighted by molar-refractivity contribution is 5.85. The van der Waals surface area contributed by atoms with Gasteiger partial charge in [-0.05, 0) is 16.3 Å². The van der Waals surface area contributed by atoms with Crippen molar-refractivity contribution in [2.24, 2.45) is 0 Å². The van der Waals surface area contributed by atoms with Gasteiger partial charge in [-0.2, -0.15) is 0 Å². The Morgan fingerprint density at radius 1 is 0.792 bits per heavy atom. The Balaban J connectivity index is 1.62. The summed E-state index contributed by atoms with van der Waals surface area (Å²) in [7, 11) is 0. The van der Waals surface area contributed by atoms with Crippen molar-refractivity contribution in [3.63, 3.8) is 0 Å². The van der Waals surface area contributed by atoms with Crippen molar-refractivity contribution in [3.05, 3.63) is 48.0 Å². The number of aliphatic hydroxyl groups excluding tert-OH is 2. The lowest BCUT2D eigenvalue weighted by Crippen LogP contribution is -2.20. The van der Waals surface area contributed by atoms with Crippen molar-refractivity contribution in [2.75, 3.05) is 46.2 Å². The van der Waals surface area contributed by atoms with Crippen LogP contribution in [0.4, 0.5) is 0 Å². The molecule has 0 amide bonds. The third-order valence-electron chi connectivity index (χ3n) is 3.63. The van der Waals surface area contributed by atoms with E-state index in [0.717, 1.165) is 5.56 Å². The monoisotopic (exact) mass is 334 g/mol. The van der Waals surface area contributed by atoms with Crippen LogP contribution in [0.25, 0.3) is 10.8 Å². The first kappa shape index (κ1) is 18.8. The fourth-order valence-corrected chi connectivity index (χ4v) is 2.51. The molecule has 0 radical (unpaired) electrons. The number of benzene rings is 2. The molecule has 2 N–H and O–H groups in total. The lowest BCUT2D eigenvalue weighted by Gasteiger charge is -2.13. The predicted molar refractivity (Wildman–Crippen MR) is 93.2 cm³/mol. The first-order chi connectivity index (χ1) is 11.8. The number of ether oxygens (including phenoxy) is 3. The second-order valence-corrected chi connectivity index (χ2v) is 5.52. The van der Waals surface area contributed by atoms with E-state index in [2.05, 4.69) is 18.2 Å². The van der Waals surface area contributed by atoms with Crippen LogP contribution in [0.15, 0.2) is 42.5 Å². The average Bonchev–Trinajstić information content (AvgIpc) is 2.61. The minimum absolute atomic E-state index is 0.0255. The normalized spacial score (nSPS) is 12.6. The van der Waals surface area contributed by atoms with E-state index in [1.54, 1.807) is 0 Å². The summed E-state index contributed by atoms with van der Waals surface area (Å²) in [4.78, 5) is 0. The maximum Gasteiger partial charge on any atom is 0.0814 e. The smallest absolute Gasteiger partial charge is 0.0814 e. The van der Waals surface area contributed by atoms with Gasteiger partial charge in [0.05, 0.1) is 52.4 Å². The molecule has 0 aromatic heterocycles. The highest BCUT2D eigenvalue weighted by Crippen LogP contribution is 2.19. The zero-order valence-corrected chi connectivity index (χ0v) is 13.9. The molecule has 0 spiro atoms. The van der Waals surface area contributed by atoms with Gasteiger partial charge in [-0.1, -0.05) is 42.5 Å². The van der Waals surface area contributed by atoms with Crippen molar-refractivity contribution in [1.29, 1.82) is 0 Å². The lowest BCUT2D eigenvalue weighted by molar-refractivity contribution is -0.0123. The molecule has 0 bridgehead atoms. The van der Waals surface area contributed by atoms with E-state index in [9.17, 15) is 5.11 Å². The molecule has 0 aliphatic rings. The van der Waals surface area contributed by atoms with Crippen LogP contribution >= 0.6 is 0 Å². The molecule has 2 aromatic carbocycles. The van der Waals surface area contributed by atoms with E-state index in [1.165, 1.54) is 10.8 Å². The van der Waals surface area contributed by atoms with Crippen LogP contribution < -0.4 is 0 Å². The largest absolute Gasteiger partial charge is 0.394 e. The number of hydrogen-bond acceptors (Lipinski definition) is 5. The number of aliphatic hydroxyl groups is 2. The van der Waals surface area contributed by atoms with Crippen molar-refractivity contribution in [1.82, 2.24) is 0 Å². The van der Waals surface area contributed by atoms with Crippen molar-refractivity contribution in [3.8, 4) is 0 Å². The second kappa shape index (κ2) is 11.1. The molecule has 5 heteroatoms. The maximum absolute atomic E-state index is 10.2. The summed E-state index contributed by atoms with van der Waals surface area (Å²) < 4.78 is 15.8. The van der Waals surface area contributed by atoms with Crippen LogP contribution in [0, 0.1) is 0 Å². The fourth-order valence-electron chi connectivity index (χ4n) is 2.51. The SMILES string of the molecule is OCCOCCOCCOCC(O)Cc1cccc2ccccc12. The van der Waals surface area contributed by atoms with Gasteiger partial charge in [0.15, 0.2) is 0 Å². The standard InChI is InChI=1S/C19H26O5/c20-8-9-22-10-11-23-12-13-24-15-18(21)14-17-6-3-5-16-4-1-2-7-19(16)17/h1-7,18,20-21H,8-15H2. The molecular weight excluding hydrogens is 308 g/mol. The summed E-state index contributed by atoms with van der Waals surface area (Å²) in [5, 5.41) is 21.0. The minimum Gasteiger partial charge on any atom is -0.394 e. The van der Waals surface area contributed by atoms with E-state index in [4.69, 9.17) is 19.3 Å². The molecule has 1 unspecified atom stereocenters. The van der Waals surface area contributed by atoms with Gasteiger partial charge >= 0.3 is 0 Å². The zero-order valence-electron chi connectivity index (χ0n) is 13.9. The Kier molecular flexibility index (Phi) is 8.73. The minimum atomic E-state index is -0.538. The van der Waals surface area contributed by atoms with Gasteiger partial charge in [-0.15, -0.1) is 0 Å². The van der Waals surface area contributed by atoms with Crippen molar-refractivity contribution < 1.29 is 24.4 Å². The summed E-state index contributed by atoms with van der Waals surface area (Å²) >= 11 is 0. The van der Waals surface area contributed by atoms with Crippen molar-refractivity contribution >= 4 is 10.8 Å². The molecule has 0 aliphatic heterocycles. The molecule has 0 heterocycles. The van der Waals surface area contributed by atoms with Crippen LogP contribution in [0.1, 0.15) is 5.56 Å². The Labute approximate surface area is 142 Å². The Hall–Kier alpha value is -1.50. The van der Waals surface area contributed by atoms with E-state index in [1.807, 2.05) is 24.3 Å². The highest BCUT2D eigenvalue weighted by atomic mass is 16.5. The summed E-state index contributed by atoms with van der Waals surface area (Å²) in [6, 6.07) is 14.3. The first-order valence-corrected chi connectivity index (χ1v) is 8.30. The summed E-state index contributed by atoms with van der Waals surface area (Å²) in [5.41, 5.74) is 1.13. The van der Waals surface area contributed by atoms with Crippen LogP contribution in [-0.4, -0.2) is 62.6 Å². The summed E-state index contributed by atoms with van der Waals surface area (Å²) in [6.45, 7) is 2.48. The highest BCUT2D eigenvalue weighted by Gasteiger charge is 2.08. The maximum atomic E-state index is 10.2. The van der Waals surface area contributed by atoms with E-state index in [-0.39, 0.29) is 13.2 Å². The molecule has 2 aromatic rings. The van der Waals surface area contributed by atoms with Gasteiger partial charge in [0, 0.05) is 6.42 Å². The molecule has 2 rings (SSSR count). The molecule has 132 valence electrons. The van der Waals surface area contributed by atoms with Gasteiger partial charge < -0.3 is 24.4 Å². The number of hydrogen-bond donors (Lipinski definition) is 2. The van der Waals surface area contributed by atoms with Gasteiger partial charge in [0.1, 0.15) is 0 Å². The number of fused-ring (bicyclic) bond motifs is 1. The van der Waals surface area contributed by atoms with E-state index >= 15 is 0 Å². The summed E-state index contributed by atoms with van der Waals surface area (Å²) in [5.74, 6) is 0. The lowest BCUT2D eigenvalue weighted by atomic mass is 10.0. The predicted octanol–water partition coefficient (Wildman–Crippen LogP) is 1.79. The quantitative estimate of drug-likeness (QED) is 0.579. The van der Waals surface area contributed by atoms with Crippen LogP contribution in [0.5, 0.6) is 0 Å². The second-order valence-electron chi connectivity index (χ2n) is 5.52. The van der Waals surface area contributed by atoms with Gasteiger partial charge in [0.25, 0.3) is 0 Å². The molecule has 0 fully saturated rings. The molecule has 0 saturated carbocycles. The Bertz CT molecular complexity index is 581. The van der Waals surface area contributed by atoms with Crippen molar-refractivity contribution in [2.45, 2.75) is 12.5 Å². The van der Waals surface area contributed by atoms with E-state index in [0.29, 0.717) is 39.5 Å². The van der Waals surface area contributed by atoms with Crippen LogP contribution in [0.2, 0.25) is 0 Å². The Morgan fingerprint density at radius 3 is 2.25 bits per heavy atom. The van der Waals surface area contributed by atoms with E-state index < -0.39 is 6.10 Å². The molecule has 0 aliphatic carbocycles. The molecule has 24 heavy (non-hydrogen) atoms. The first-order valence-electron chi connectivity index (χ1n) is 8.30. The Morgan fingerprint density at radius 2 is 1.46 bits per heavy atom. The third kappa shape index (κ3) is 6.55. The fraction of sp³-hybridized carbons (Fsp3) is 0.474. The molecule has 5 nitrogen and oxygen atoms in total. The van der Waals surface area contributed by atoms with Gasteiger partial charge in [-0.25, -0.2) is 0 Å².